The molecule has 0 radical (unpaired) electrons. The number of methoxy groups -OCH3 is 1. The van der Waals surface area contributed by atoms with E-state index in [9.17, 15) is 9.18 Å². The number of nitrogens with zero attached hydrogens (tertiary/aromatic N) is 1. The molecular formula is C14H19FN2O2. The van der Waals surface area contributed by atoms with Gasteiger partial charge in [-0.05, 0) is 25.5 Å². The number of likely N-dealkylation sites (tertiary alicyclic amines) is 1. The zero-order valence-corrected chi connectivity index (χ0v) is 11.3. The van der Waals surface area contributed by atoms with E-state index in [2.05, 4.69) is 5.32 Å². The molecule has 0 aromatic heterocycles. The molecule has 1 N–H and O–H groups in total. The van der Waals surface area contributed by atoms with Gasteiger partial charge in [0.15, 0.2) is 0 Å². The second-order valence-corrected chi connectivity index (χ2v) is 4.84. The lowest BCUT2D eigenvalue weighted by Crippen LogP contribution is -2.32. The van der Waals surface area contributed by atoms with Crippen LogP contribution in [0.4, 0.5) is 10.1 Å². The minimum absolute atomic E-state index is 0.120. The summed E-state index contributed by atoms with van der Waals surface area (Å²) in [5.41, 5.74) is 1.000. The minimum Gasteiger partial charge on any atom is -0.380 e. The van der Waals surface area contributed by atoms with Crippen molar-refractivity contribution in [2.24, 2.45) is 0 Å². The summed E-state index contributed by atoms with van der Waals surface area (Å²) in [7, 11) is 1.68. The van der Waals surface area contributed by atoms with Crippen molar-refractivity contribution in [1.82, 2.24) is 4.90 Å². The highest BCUT2D eigenvalue weighted by atomic mass is 19.1. The second kappa shape index (κ2) is 6.12. The van der Waals surface area contributed by atoms with Gasteiger partial charge in [0.05, 0.1) is 12.6 Å². The van der Waals surface area contributed by atoms with Crippen molar-refractivity contribution in [3.05, 3.63) is 29.6 Å². The first-order valence-corrected chi connectivity index (χ1v) is 6.40. The number of rotatable bonds is 4. The molecule has 1 aromatic carbocycles. The van der Waals surface area contributed by atoms with Gasteiger partial charge in [-0.3, -0.25) is 9.69 Å². The molecule has 1 aliphatic heterocycles. The van der Waals surface area contributed by atoms with Crippen LogP contribution in [-0.4, -0.2) is 43.7 Å². The van der Waals surface area contributed by atoms with E-state index in [0.29, 0.717) is 17.8 Å². The highest BCUT2D eigenvalue weighted by molar-refractivity contribution is 5.93. The predicted octanol–water partition coefficient (Wildman–Crippen LogP) is 1.79. The quantitative estimate of drug-likeness (QED) is 0.903. The van der Waals surface area contributed by atoms with Crippen LogP contribution in [0.25, 0.3) is 0 Å². The molecule has 104 valence electrons. The Morgan fingerprint density at radius 3 is 3.05 bits per heavy atom. The zero-order chi connectivity index (χ0) is 13.8. The summed E-state index contributed by atoms with van der Waals surface area (Å²) in [6, 6.07) is 4.68. The van der Waals surface area contributed by atoms with Gasteiger partial charge in [-0.2, -0.15) is 0 Å². The summed E-state index contributed by atoms with van der Waals surface area (Å²) in [5.74, 6) is -0.427. The third kappa shape index (κ3) is 3.52. The van der Waals surface area contributed by atoms with Crippen LogP contribution in [0.15, 0.2) is 18.2 Å². The third-order valence-electron chi connectivity index (χ3n) is 3.47. The minimum atomic E-state index is -0.307. The van der Waals surface area contributed by atoms with Crippen molar-refractivity contribution in [2.75, 3.05) is 32.1 Å². The Morgan fingerprint density at radius 2 is 2.37 bits per heavy atom. The normalized spacial score (nSPS) is 19.6. The Hall–Kier alpha value is -1.46. The number of hydrogen-bond acceptors (Lipinski definition) is 3. The Kier molecular flexibility index (Phi) is 4.50. The van der Waals surface area contributed by atoms with Crippen LogP contribution in [0.5, 0.6) is 0 Å². The highest BCUT2D eigenvalue weighted by Crippen LogP contribution is 2.18. The van der Waals surface area contributed by atoms with Crippen LogP contribution in [0, 0.1) is 12.7 Å². The summed E-state index contributed by atoms with van der Waals surface area (Å²) in [4.78, 5) is 14.0. The Bertz CT molecular complexity index is 465. The lowest BCUT2D eigenvalue weighted by molar-refractivity contribution is -0.117. The van der Waals surface area contributed by atoms with Gasteiger partial charge >= 0.3 is 0 Å². The van der Waals surface area contributed by atoms with E-state index in [1.165, 1.54) is 6.07 Å². The monoisotopic (exact) mass is 266 g/mol. The number of halogens is 1. The molecule has 1 aliphatic rings. The first-order valence-electron chi connectivity index (χ1n) is 6.40. The smallest absolute Gasteiger partial charge is 0.238 e. The van der Waals surface area contributed by atoms with Crippen molar-refractivity contribution in [3.8, 4) is 0 Å². The molecule has 1 atom stereocenters. The number of benzene rings is 1. The highest BCUT2D eigenvalue weighted by Gasteiger charge is 2.23. The molecule has 19 heavy (non-hydrogen) atoms. The number of amides is 1. The van der Waals surface area contributed by atoms with Crippen molar-refractivity contribution < 1.29 is 13.9 Å². The van der Waals surface area contributed by atoms with E-state index in [-0.39, 0.29) is 17.8 Å². The fraction of sp³-hybridized carbons (Fsp3) is 0.500. The maximum Gasteiger partial charge on any atom is 0.238 e. The van der Waals surface area contributed by atoms with Gasteiger partial charge in [-0.25, -0.2) is 4.39 Å². The van der Waals surface area contributed by atoms with E-state index >= 15 is 0 Å². The molecule has 0 unspecified atom stereocenters. The van der Waals surface area contributed by atoms with Crippen LogP contribution < -0.4 is 5.32 Å². The molecule has 1 saturated heterocycles. The lowest BCUT2D eigenvalue weighted by atomic mass is 10.2. The van der Waals surface area contributed by atoms with Crippen LogP contribution in [-0.2, 0) is 9.53 Å². The molecule has 5 heteroatoms. The van der Waals surface area contributed by atoms with Gasteiger partial charge in [0.25, 0.3) is 0 Å². The van der Waals surface area contributed by atoms with Crippen LogP contribution >= 0.6 is 0 Å². The second-order valence-electron chi connectivity index (χ2n) is 4.84. The third-order valence-corrected chi connectivity index (χ3v) is 3.47. The van der Waals surface area contributed by atoms with Crippen LogP contribution in [0.3, 0.4) is 0 Å². The largest absolute Gasteiger partial charge is 0.380 e. The number of anilines is 1. The predicted molar refractivity (Wildman–Crippen MR) is 71.6 cm³/mol. The summed E-state index contributed by atoms with van der Waals surface area (Å²) in [6.45, 7) is 3.59. The summed E-state index contributed by atoms with van der Waals surface area (Å²) in [5, 5.41) is 2.75. The molecule has 0 spiro atoms. The van der Waals surface area contributed by atoms with Crippen LogP contribution in [0.2, 0.25) is 0 Å². The van der Waals surface area contributed by atoms with Gasteiger partial charge in [0, 0.05) is 31.5 Å². The molecular weight excluding hydrogens is 247 g/mol. The van der Waals surface area contributed by atoms with Crippen molar-refractivity contribution in [3.63, 3.8) is 0 Å². The summed E-state index contributed by atoms with van der Waals surface area (Å²) < 4.78 is 18.6. The molecule has 0 bridgehead atoms. The Morgan fingerprint density at radius 1 is 1.58 bits per heavy atom. The standard InChI is InChI=1S/C14H19FN2O2/c1-10-12(15)4-3-5-13(10)16-14(18)9-17-7-6-11(8-17)19-2/h3-5,11H,6-9H2,1-2H3,(H,16,18)/t11-/m0/s1. The SMILES string of the molecule is CO[C@H]1CCN(CC(=O)Nc2cccc(F)c2C)C1. The van der Waals surface area contributed by atoms with Gasteiger partial charge in [-0.1, -0.05) is 6.07 Å². The fourth-order valence-electron chi connectivity index (χ4n) is 2.27. The van der Waals surface area contributed by atoms with Crippen molar-refractivity contribution in [1.29, 1.82) is 0 Å². The topological polar surface area (TPSA) is 41.6 Å². The molecule has 4 nitrogen and oxygen atoms in total. The average molecular weight is 266 g/mol. The number of hydrogen-bond donors (Lipinski definition) is 1. The maximum absolute atomic E-state index is 13.4. The van der Waals surface area contributed by atoms with Crippen molar-refractivity contribution >= 4 is 11.6 Å². The van der Waals surface area contributed by atoms with Crippen LogP contribution in [0.1, 0.15) is 12.0 Å². The number of carbonyl (C=O) groups excluding carboxylic acids is 1. The summed E-state index contributed by atoms with van der Waals surface area (Å²) >= 11 is 0. The number of ether oxygens (including phenoxy) is 1. The number of carbonyl (C=O) groups is 1. The molecule has 2 rings (SSSR count). The van der Waals surface area contributed by atoms with E-state index < -0.39 is 0 Å². The van der Waals surface area contributed by atoms with E-state index in [0.717, 1.165) is 19.5 Å². The number of nitrogens with one attached hydrogen (secondary N) is 1. The van der Waals surface area contributed by atoms with E-state index in [1.54, 1.807) is 26.2 Å². The Balaban J connectivity index is 1.89. The maximum atomic E-state index is 13.4. The Labute approximate surface area is 112 Å². The molecule has 1 amide bonds. The van der Waals surface area contributed by atoms with Crippen molar-refractivity contribution in [2.45, 2.75) is 19.4 Å². The first kappa shape index (κ1) is 14.0. The van der Waals surface area contributed by atoms with Gasteiger partial charge in [0.1, 0.15) is 5.82 Å². The van der Waals surface area contributed by atoms with Gasteiger partial charge < -0.3 is 10.1 Å². The molecule has 0 aliphatic carbocycles. The lowest BCUT2D eigenvalue weighted by Gasteiger charge is -2.16. The van der Waals surface area contributed by atoms with Gasteiger partial charge in [-0.15, -0.1) is 0 Å². The molecule has 1 aromatic rings. The zero-order valence-electron chi connectivity index (χ0n) is 11.3. The summed E-state index contributed by atoms with van der Waals surface area (Å²) in [6.07, 6.45) is 1.16. The fourth-order valence-corrected chi connectivity index (χ4v) is 2.27. The average Bonchev–Trinajstić information content (AvgIpc) is 2.82. The van der Waals surface area contributed by atoms with Gasteiger partial charge in [0.2, 0.25) is 5.91 Å². The molecule has 0 saturated carbocycles. The van der Waals surface area contributed by atoms with E-state index in [4.69, 9.17) is 4.74 Å². The first-order chi connectivity index (χ1) is 9.10. The molecule has 1 heterocycles. The molecule has 1 fully saturated rings. The van der Waals surface area contributed by atoms with E-state index in [1.807, 2.05) is 4.90 Å².